The van der Waals surface area contributed by atoms with Gasteiger partial charge in [-0.15, -0.1) is 11.3 Å². The molecule has 2 amide bonds. The third-order valence-corrected chi connectivity index (χ3v) is 5.75. The number of rotatable bonds is 3. The topological polar surface area (TPSA) is 53.5 Å². The van der Waals surface area contributed by atoms with Gasteiger partial charge in [-0.3, -0.25) is 14.5 Å². The number of nitrogens with zero attached hydrogens (tertiary/aromatic N) is 3. The van der Waals surface area contributed by atoms with Gasteiger partial charge in [0, 0.05) is 37.3 Å². The Morgan fingerprint density at radius 1 is 1.33 bits per heavy atom. The molecule has 1 atom stereocenters. The zero-order chi connectivity index (χ0) is 16.7. The lowest BCUT2D eigenvalue weighted by Crippen LogP contribution is -2.34. The number of hydrogen-bond donors (Lipinski definition) is 0. The standard InChI is InChI=1S/C18H19N3O2S/c1-20(18-19-7-8-24-18)17(23)14-10-16(22)21(11-14)15-6-5-12-3-2-4-13(12)9-15/h5-9,14H,2-4,10-11H2,1H3. The Labute approximate surface area is 144 Å². The summed E-state index contributed by atoms with van der Waals surface area (Å²) >= 11 is 1.43. The van der Waals surface area contributed by atoms with Gasteiger partial charge < -0.3 is 4.90 Å². The van der Waals surface area contributed by atoms with Gasteiger partial charge >= 0.3 is 0 Å². The van der Waals surface area contributed by atoms with Crippen LogP contribution in [0.5, 0.6) is 0 Å². The molecule has 6 heteroatoms. The Balaban J connectivity index is 1.52. The molecule has 4 rings (SSSR count). The van der Waals surface area contributed by atoms with Gasteiger partial charge in [-0.1, -0.05) is 6.07 Å². The third kappa shape index (κ3) is 2.60. The number of hydrogen-bond acceptors (Lipinski definition) is 4. The molecule has 1 saturated heterocycles. The maximum Gasteiger partial charge on any atom is 0.233 e. The number of fused-ring (bicyclic) bond motifs is 1. The predicted molar refractivity (Wildman–Crippen MR) is 94.5 cm³/mol. The van der Waals surface area contributed by atoms with E-state index in [0.717, 1.165) is 18.5 Å². The fourth-order valence-electron chi connectivity index (χ4n) is 3.60. The van der Waals surface area contributed by atoms with Crippen molar-refractivity contribution in [2.45, 2.75) is 25.7 Å². The fourth-order valence-corrected chi connectivity index (χ4v) is 4.21. The smallest absolute Gasteiger partial charge is 0.233 e. The van der Waals surface area contributed by atoms with E-state index in [4.69, 9.17) is 0 Å². The Morgan fingerprint density at radius 3 is 2.96 bits per heavy atom. The second kappa shape index (κ2) is 6.02. The molecule has 0 bridgehead atoms. The molecule has 1 aliphatic carbocycles. The molecule has 2 aliphatic rings. The lowest BCUT2D eigenvalue weighted by atomic mass is 10.1. The Bertz CT molecular complexity index is 788. The van der Waals surface area contributed by atoms with Gasteiger partial charge in [0.25, 0.3) is 0 Å². The van der Waals surface area contributed by atoms with Crippen LogP contribution < -0.4 is 9.80 Å². The fraction of sp³-hybridized carbons (Fsp3) is 0.389. The van der Waals surface area contributed by atoms with Crippen molar-refractivity contribution in [3.05, 3.63) is 40.9 Å². The summed E-state index contributed by atoms with van der Waals surface area (Å²) < 4.78 is 0. The Hall–Kier alpha value is -2.21. The highest BCUT2D eigenvalue weighted by molar-refractivity contribution is 7.13. The number of anilines is 2. The molecule has 0 N–H and O–H groups in total. The quantitative estimate of drug-likeness (QED) is 0.862. The molecule has 2 aromatic rings. The van der Waals surface area contributed by atoms with E-state index in [1.807, 2.05) is 11.4 Å². The molecule has 124 valence electrons. The van der Waals surface area contributed by atoms with Gasteiger partial charge in [0.15, 0.2) is 5.13 Å². The van der Waals surface area contributed by atoms with Crippen molar-refractivity contribution in [2.75, 3.05) is 23.4 Å². The molecule has 5 nitrogen and oxygen atoms in total. The predicted octanol–water partition coefficient (Wildman–Crippen LogP) is 2.65. The SMILES string of the molecule is CN(C(=O)C1CC(=O)N(c2ccc3c(c2)CCC3)C1)c1nccs1. The maximum atomic E-state index is 12.7. The monoisotopic (exact) mass is 341 g/mol. The van der Waals surface area contributed by atoms with E-state index in [2.05, 4.69) is 17.1 Å². The summed E-state index contributed by atoms with van der Waals surface area (Å²) in [5.41, 5.74) is 3.66. The Morgan fingerprint density at radius 2 is 2.17 bits per heavy atom. The minimum Gasteiger partial charge on any atom is -0.312 e. The highest BCUT2D eigenvalue weighted by Crippen LogP contribution is 2.31. The van der Waals surface area contributed by atoms with Gasteiger partial charge in [0.05, 0.1) is 5.92 Å². The first kappa shape index (κ1) is 15.3. The lowest BCUT2D eigenvalue weighted by molar-refractivity contribution is -0.124. The van der Waals surface area contributed by atoms with Gasteiger partial charge in [0.1, 0.15) is 0 Å². The zero-order valence-electron chi connectivity index (χ0n) is 13.6. The van der Waals surface area contributed by atoms with Gasteiger partial charge in [0.2, 0.25) is 11.8 Å². The molecular formula is C18H19N3O2S. The molecule has 1 fully saturated rings. The number of amides is 2. The lowest BCUT2D eigenvalue weighted by Gasteiger charge is -2.20. The summed E-state index contributed by atoms with van der Waals surface area (Å²) in [6, 6.07) is 6.26. The van der Waals surface area contributed by atoms with Crippen LogP contribution in [0.4, 0.5) is 10.8 Å². The van der Waals surface area contributed by atoms with E-state index in [9.17, 15) is 9.59 Å². The van der Waals surface area contributed by atoms with Crippen molar-refractivity contribution in [3.8, 4) is 0 Å². The van der Waals surface area contributed by atoms with Gasteiger partial charge in [-0.25, -0.2) is 4.98 Å². The summed E-state index contributed by atoms with van der Waals surface area (Å²) in [5.74, 6) is -0.319. The zero-order valence-corrected chi connectivity index (χ0v) is 14.4. The second-order valence-corrected chi connectivity index (χ2v) is 7.30. The van der Waals surface area contributed by atoms with Crippen LogP contribution in [-0.2, 0) is 22.4 Å². The van der Waals surface area contributed by atoms with Gasteiger partial charge in [-0.05, 0) is 42.5 Å². The van der Waals surface area contributed by atoms with Crippen molar-refractivity contribution in [1.29, 1.82) is 0 Å². The molecule has 2 heterocycles. The van der Waals surface area contributed by atoms with E-state index in [1.54, 1.807) is 23.0 Å². The summed E-state index contributed by atoms with van der Waals surface area (Å²) in [6.07, 6.45) is 5.35. The number of thiazole rings is 1. The molecule has 0 saturated carbocycles. The minimum atomic E-state index is -0.306. The van der Waals surface area contributed by atoms with E-state index in [1.165, 1.54) is 28.9 Å². The van der Waals surface area contributed by atoms with Gasteiger partial charge in [-0.2, -0.15) is 0 Å². The molecule has 1 aromatic carbocycles. The first-order valence-electron chi connectivity index (χ1n) is 8.22. The summed E-state index contributed by atoms with van der Waals surface area (Å²) in [4.78, 5) is 32.6. The van der Waals surface area contributed by atoms with Crippen molar-refractivity contribution < 1.29 is 9.59 Å². The highest BCUT2D eigenvalue weighted by Gasteiger charge is 2.37. The van der Waals surface area contributed by atoms with E-state index in [-0.39, 0.29) is 24.2 Å². The number of aromatic nitrogens is 1. The maximum absolute atomic E-state index is 12.7. The Kier molecular flexibility index (Phi) is 3.84. The van der Waals surface area contributed by atoms with Crippen LogP contribution in [0.25, 0.3) is 0 Å². The van der Waals surface area contributed by atoms with Crippen LogP contribution in [0, 0.1) is 5.92 Å². The molecule has 1 unspecified atom stereocenters. The first-order chi connectivity index (χ1) is 11.6. The van der Waals surface area contributed by atoms with Crippen molar-refractivity contribution in [2.24, 2.45) is 5.92 Å². The molecular weight excluding hydrogens is 322 g/mol. The first-order valence-corrected chi connectivity index (χ1v) is 9.10. The number of benzene rings is 1. The van der Waals surface area contributed by atoms with E-state index < -0.39 is 0 Å². The van der Waals surface area contributed by atoms with Crippen LogP contribution in [0.15, 0.2) is 29.8 Å². The van der Waals surface area contributed by atoms with Crippen LogP contribution in [0.1, 0.15) is 24.0 Å². The summed E-state index contributed by atoms with van der Waals surface area (Å²) in [6.45, 7) is 0.451. The number of carbonyl (C=O) groups excluding carboxylic acids is 2. The molecule has 24 heavy (non-hydrogen) atoms. The normalized spacial score (nSPS) is 19.6. The largest absolute Gasteiger partial charge is 0.312 e. The van der Waals surface area contributed by atoms with Crippen LogP contribution in [0.2, 0.25) is 0 Å². The number of carbonyl (C=O) groups is 2. The molecule has 0 radical (unpaired) electrons. The number of aryl methyl sites for hydroxylation is 2. The average Bonchev–Trinajstić information content (AvgIpc) is 3.32. The molecule has 1 aromatic heterocycles. The van der Waals surface area contributed by atoms with E-state index >= 15 is 0 Å². The highest BCUT2D eigenvalue weighted by atomic mass is 32.1. The van der Waals surface area contributed by atoms with Crippen LogP contribution in [-0.4, -0.2) is 30.4 Å². The summed E-state index contributed by atoms with van der Waals surface area (Å²) in [5, 5.41) is 2.51. The minimum absolute atomic E-state index is 0.0267. The molecule has 0 spiro atoms. The van der Waals surface area contributed by atoms with Crippen molar-refractivity contribution in [1.82, 2.24) is 4.98 Å². The summed E-state index contributed by atoms with van der Waals surface area (Å²) in [7, 11) is 1.73. The van der Waals surface area contributed by atoms with E-state index in [0.29, 0.717) is 11.7 Å². The van der Waals surface area contributed by atoms with Crippen molar-refractivity contribution in [3.63, 3.8) is 0 Å². The third-order valence-electron chi connectivity index (χ3n) is 4.90. The van der Waals surface area contributed by atoms with Crippen LogP contribution in [0.3, 0.4) is 0 Å². The molecule has 1 aliphatic heterocycles. The van der Waals surface area contributed by atoms with Crippen molar-refractivity contribution >= 4 is 34.0 Å². The second-order valence-electron chi connectivity index (χ2n) is 6.42. The average molecular weight is 341 g/mol. The van der Waals surface area contributed by atoms with Crippen LogP contribution >= 0.6 is 11.3 Å².